The summed E-state index contributed by atoms with van der Waals surface area (Å²) in [6.45, 7) is 6.40. The maximum Gasteiger partial charge on any atom is 0.259 e. The molecule has 3 aromatic rings. The normalized spacial score (nSPS) is 11.3. The fraction of sp³-hybridized carbons (Fsp3) is 0.308. The zero-order valence-electron chi connectivity index (χ0n) is 11.0. The zero-order valence-corrected chi connectivity index (χ0v) is 11.9. The number of hydrogen-bond donors (Lipinski definition) is 0. The highest BCUT2D eigenvalue weighted by molar-refractivity contribution is 7.15. The van der Waals surface area contributed by atoms with Crippen LogP contribution in [0.1, 0.15) is 22.9 Å². The molecule has 0 unspecified atom stereocenters. The van der Waals surface area contributed by atoms with Gasteiger partial charge in [-0.1, -0.05) is 0 Å². The summed E-state index contributed by atoms with van der Waals surface area (Å²) in [5.41, 5.74) is 2.65. The third kappa shape index (κ3) is 2.08. The van der Waals surface area contributed by atoms with Gasteiger partial charge in [-0.2, -0.15) is 0 Å². The fourth-order valence-corrected chi connectivity index (χ4v) is 3.07. The highest BCUT2D eigenvalue weighted by atomic mass is 32.1. The molecule has 0 aliphatic rings. The summed E-state index contributed by atoms with van der Waals surface area (Å²) in [6.07, 6.45) is 1.97. The Balaban J connectivity index is 2.07. The van der Waals surface area contributed by atoms with Crippen LogP contribution in [0.25, 0.3) is 4.96 Å². The first-order chi connectivity index (χ1) is 9.04. The van der Waals surface area contributed by atoms with Crippen LogP contribution >= 0.6 is 11.3 Å². The molecule has 0 saturated carbocycles. The first-order valence-electron chi connectivity index (χ1n) is 6.02. The summed E-state index contributed by atoms with van der Waals surface area (Å²) < 4.78 is 3.65. The van der Waals surface area contributed by atoms with E-state index in [2.05, 4.69) is 9.97 Å². The summed E-state index contributed by atoms with van der Waals surface area (Å²) >= 11 is 1.49. The molecule has 0 bridgehead atoms. The van der Waals surface area contributed by atoms with Crippen LogP contribution in [0.15, 0.2) is 22.4 Å². The minimum atomic E-state index is -0.0201. The Kier molecular flexibility index (Phi) is 2.74. The lowest BCUT2D eigenvalue weighted by Gasteiger charge is -2.04. The van der Waals surface area contributed by atoms with Crippen LogP contribution in [0.3, 0.4) is 0 Å². The van der Waals surface area contributed by atoms with E-state index in [0.29, 0.717) is 6.54 Å². The van der Waals surface area contributed by atoms with E-state index in [4.69, 9.17) is 0 Å². The number of nitrogens with zero attached hydrogens (tertiary/aromatic N) is 4. The Morgan fingerprint density at radius 3 is 2.74 bits per heavy atom. The Morgan fingerprint density at radius 2 is 2.05 bits per heavy atom. The van der Waals surface area contributed by atoms with Gasteiger partial charge in [0, 0.05) is 23.3 Å². The van der Waals surface area contributed by atoms with E-state index in [-0.39, 0.29) is 5.56 Å². The maximum atomic E-state index is 12.1. The molecule has 0 fully saturated rings. The molecular weight excluding hydrogens is 260 g/mol. The number of aromatic nitrogens is 4. The summed E-state index contributed by atoms with van der Waals surface area (Å²) in [6, 6.07) is 1.60. The second kappa shape index (κ2) is 4.31. The lowest BCUT2D eigenvalue weighted by molar-refractivity contribution is 0.739. The van der Waals surface area contributed by atoms with Crippen molar-refractivity contribution >= 4 is 16.3 Å². The van der Waals surface area contributed by atoms with Crippen molar-refractivity contribution in [1.29, 1.82) is 0 Å². The van der Waals surface area contributed by atoms with Crippen molar-refractivity contribution in [3.8, 4) is 0 Å². The van der Waals surface area contributed by atoms with Gasteiger partial charge in [0.15, 0.2) is 4.96 Å². The van der Waals surface area contributed by atoms with Crippen LogP contribution in [0.2, 0.25) is 0 Å². The topological polar surface area (TPSA) is 52.2 Å². The molecule has 19 heavy (non-hydrogen) atoms. The molecule has 3 rings (SSSR count). The standard InChI is InChI=1S/C13H14N4OS/c1-8-5-16(10(3)14-8)6-11-4-12(18)17-9(2)7-19-13(17)15-11/h4-5,7H,6H2,1-3H3. The number of hydrogen-bond acceptors (Lipinski definition) is 4. The molecule has 0 aliphatic heterocycles. The summed E-state index contributed by atoms with van der Waals surface area (Å²) in [5, 5.41) is 1.94. The van der Waals surface area contributed by atoms with Crippen LogP contribution in [0, 0.1) is 20.8 Å². The van der Waals surface area contributed by atoms with Crippen molar-refractivity contribution in [3.63, 3.8) is 0 Å². The second-order valence-electron chi connectivity index (χ2n) is 4.64. The van der Waals surface area contributed by atoms with Crippen LogP contribution < -0.4 is 5.56 Å². The SMILES string of the molecule is Cc1cn(Cc2cc(=O)n3c(C)csc3n2)c(C)n1. The molecule has 98 valence electrons. The third-order valence-electron chi connectivity index (χ3n) is 3.06. The number of fused-ring (bicyclic) bond motifs is 1. The van der Waals surface area contributed by atoms with Gasteiger partial charge < -0.3 is 4.57 Å². The van der Waals surface area contributed by atoms with Crippen LogP contribution in [-0.2, 0) is 6.54 Å². The van der Waals surface area contributed by atoms with Gasteiger partial charge in [0.05, 0.1) is 17.9 Å². The number of aryl methyl sites for hydroxylation is 3. The van der Waals surface area contributed by atoms with E-state index in [1.807, 2.05) is 36.9 Å². The summed E-state index contributed by atoms with van der Waals surface area (Å²) in [4.78, 5) is 21.7. The van der Waals surface area contributed by atoms with Crippen LogP contribution in [0.4, 0.5) is 0 Å². The summed E-state index contributed by atoms with van der Waals surface area (Å²) in [5.74, 6) is 0.932. The second-order valence-corrected chi connectivity index (χ2v) is 5.47. The van der Waals surface area contributed by atoms with Crippen molar-refractivity contribution in [3.05, 3.63) is 50.9 Å². The highest BCUT2D eigenvalue weighted by Crippen LogP contribution is 2.12. The van der Waals surface area contributed by atoms with Gasteiger partial charge in [0.2, 0.25) is 0 Å². The largest absolute Gasteiger partial charge is 0.329 e. The Labute approximate surface area is 114 Å². The fourth-order valence-electron chi connectivity index (χ4n) is 2.18. The van der Waals surface area contributed by atoms with E-state index in [1.54, 1.807) is 10.5 Å². The minimum absolute atomic E-state index is 0.0201. The Hall–Kier alpha value is -1.95. The Bertz CT molecular complexity index is 812. The van der Waals surface area contributed by atoms with Gasteiger partial charge in [-0.3, -0.25) is 9.20 Å². The van der Waals surface area contributed by atoms with Gasteiger partial charge in [-0.05, 0) is 20.8 Å². The lowest BCUT2D eigenvalue weighted by Crippen LogP contribution is -2.16. The molecule has 0 atom stereocenters. The molecule has 0 radical (unpaired) electrons. The highest BCUT2D eigenvalue weighted by Gasteiger charge is 2.08. The average Bonchev–Trinajstić information content (AvgIpc) is 2.83. The van der Waals surface area contributed by atoms with Gasteiger partial charge >= 0.3 is 0 Å². The molecule has 0 amide bonds. The zero-order chi connectivity index (χ0) is 13.6. The van der Waals surface area contributed by atoms with E-state index in [1.165, 1.54) is 11.3 Å². The summed E-state index contributed by atoms with van der Waals surface area (Å²) in [7, 11) is 0. The minimum Gasteiger partial charge on any atom is -0.329 e. The van der Waals surface area contributed by atoms with Crippen molar-refractivity contribution in [2.24, 2.45) is 0 Å². The van der Waals surface area contributed by atoms with Gasteiger partial charge in [-0.15, -0.1) is 11.3 Å². The smallest absolute Gasteiger partial charge is 0.259 e. The van der Waals surface area contributed by atoms with Crippen molar-refractivity contribution < 1.29 is 0 Å². The third-order valence-corrected chi connectivity index (χ3v) is 4.00. The molecule has 0 aliphatic carbocycles. The maximum absolute atomic E-state index is 12.1. The molecule has 0 spiro atoms. The lowest BCUT2D eigenvalue weighted by atomic mass is 10.4. The number of imidazole rings is 1. The first kappa shape index (κ1) is 12.1. The van der Waals surface area contributed by atoms with Gasteiger partial charge in [0.1, 0.15) is 5.82 Å². The van der Waals surface area contributed by atoms with Gasteiger partial charge in [0.25, 0.3) is 5.56 Å². The van der Waals surface area contributed by atoms with Crippen molar-refractivity contribution in [1.82, 2.24) is 18.9 Å². The quantitative estimate of drug-likeness (QED) is 0.717. The first-order valence-corrected chi connectivity index (χ1v) is 6.90. The molecule has 6 heteroatoms. The van der Waals surface area contributed by atoms with E-state index in [9.17, 15) is 4.79 Å². The molecule has 3 aromatic heterocycles. The van der Waals surface area contributed by atoms with E-state index in [0.717, 1.165) is 27.9 Å². The van der Waals surface area contributed by atoms with Crippen molar-refractivity contribution in [2.45, 2.75) is 27.3 Å². The molecule has 3 heterocycles. The number of rotatable bonds is 2. The molecule has 5 nitrogen and oxygen atoms in total. The van der Waals surface area contributed by atoms with Crippen LogP contribution in [0.5, 0.6) is 0 Å². The predicted octanol–water partition coefficient (Wildman–Crippen LogP) is 1.93. The van der Waals surface area contributed by atoms with Gasteiger partial charge in [-0.25, -0.2) is 9.97 Å². The monoisotopic (exact) mass is 274 g/mol. The van der Waals surface area contributed by atoms with Crippen molar-refractivity contribution in [2.75, 3.05) is 0 Å². The van der Waals surface area contributed by atoms with E-state index >= 15 is 0 Å². The molecule has 0 aromatic carbocycles. The number of thiazole rings is 1. The van der Waals surface area contributed by atoms with E-state index < -0.39 is 0 Å². The predicted molar refractivity (Wildman–Crippen MR) is 74.9 cm³/mol. The average molecular weight is 274 g/mol. The van der Waals surface area contributed by atoms with Crippen LogP contribution in [-0.4, -0.2) is 18.9 Å². The molecule has 0 saturated heterocycles. The Morgan fingerprint density at radius 1 is 1.26 bits per heavy atom. The molecular formula is C13H14N4OS. The molecule has 0 N–H and O–H groups in total.